The van der Waals surface area contributed by atoms with Crippen molar-refractivity contribution in [3.63, 3.8) is 0 Å². The van der Waals surface area contributed by atoms with Crippen molar-refractivity contribution in [3.8, 4) is 5.75 Å². The van der Waals surface area contributed by atoms with Crippen LogP contribution in [0.5, 0.6) is 5.75 Å². The van der Waals surface area contributed by atoms with Crippen molar-refractivity contribution >= 4 is 17.0 Å². The minimum absolute atomic E-state index is 0.165. The standard InChI is InChI=1S/C21H22O3/c1-13-4-3-8-21(12-13)9-7-14-10-17-15-5-2-6-16(15)20(22)23-19(17)11-18(14)24-21/h7,9-11,13H,2-6,8,12H2,1H3/t13-,21+/m0/s1. The third-order valence-corrected chi connectivity index (χ3v) is 5.97. The highest BCUT2D eigenvalue weighted by Crippen LogP contribution is 2.43. The van der Waals surface area contributed by atoms with Gasteiger partial charge in [0, 0.05) is 22.6 Å². The molecule has 2 aliphatic carbocycles. The molecule has 2 aromatic rings. The van der Waals surface area contributed by atoms with E-state index >= 15 is 0 Å². The minimum atomic E-state index is -0.171. The molecule has 1 aromatic carbocycles. The molecule has 1 fully saturated rings. The van der Waals surface area contributed by atoms with Crippen LogP contribution in [0.25, 0.3) is 17.0 Å². The van der Waals surface area contributed by atoms with Gasteiger partial charge in [0.15, 0.2) is 0 Å². The molecule has 3 nitrogen and oxygen atoms in total. The zero-order valence-corrected chi connectivity index (χ0v) is 14.1. The molecule has 2 atom stereocenters. The first-order valence-corrected chi connectivity index (χ1v) is 9.14. The lowest BCUT2D eigenvalue weighted by Gasteiger charge is -2.40. The fourth-order valence-corrected chi connectivity index (χ4v) is 4.83. The van der Waals surface area contributed by atoms with Crippen molar-refractivity contribution in [3.05, 3.63) is 45.3 Å². The van der Waals surface area contributed by atoms with Crippen LogP contribution in [-0.2, 0) is 12.8 Å². The summed E-state index contributed by atoms with van der Waals surface area (Å²) in [5.74, 6) is 1.55. The summed E-state index contributed by atoms with van der Waals surface area (Å²) in [5.41, 5.74) is 3.50. The Labute approximate surface area is 141 Å². The first-order valence-electron chi connectivity index (χ1n) is 9.14. The molecule has 1 aliphatic heterocycles. The highest BCUT2D eigenvalue weighted by molar-refractivity contribution is 5.87. The molecule has 0 amide bonds. The Kier molecular flexibility index (Phi) is 2.97. The Morgan fingerprint density at radius 3 is 2.92 bits per heavy atom. The van der Waals surface area contributed by atoms with E-state index < -0.39 is 0 Å². The average molecular weight is 322 g/mol. The van der Waals surface area contributed by atoms with Gasteiger partial charge in [-0.15, -0.1) is 0 Å². The molecule has 5 rings (SSSR count). The van der Waals surface area contributed by atoms with Crippen molar-refractivity contribution in [2.24, 2.45) is 5.92 Å². The van der Waals surface area contributed by atoms with Gasteiger partial charge in [-0.05, 0) is 62.1 Å². The SMILES string of the molecule is C[C@H]1CCC[C@@]2(C=Cc3cc4c5c(c(=O)oc4cc3O2)CCC5)C1. The number of fused-ring (bicyclic) bond motifs is 4. The zero-order chi connectivity index (χ0) is 16.3. The van der Waals surface area contributed by atoms with Crippen LogP contribution in [0.1, 0.15) is 55.7 Å². The predicted molar refractivity (Wildman–Crippen MR) is 94.5 cm³/mol. The number of rotatable bonds is 0. The van der Waals surface area contributed by atoms with Crippen LogP contribution in [0.15, 0.2) is 27.4 Å². The third-order valence-electron chi connectivity index (χ3n) is 5.97. The Balaban J connectivity index is 1.65. The van der Waals surface area contributed by atoms with E-state index in [2.05, 4.69) is 25.1 Å². The molecule has 0 unspecified atom stereocenters. The lowest BCUT2D eigenvalue weighted by molar-refractivity contribution is 0.0544. The molecule has 0 radical (unpaired) electrons. The van der Waals surface area contributed by atoms with E-state index in [4.69, 9.17) is 9.15 Å². The maximum atomic E-state index is 12.2. The molecular formula is C21H22O3. The van der Waals surface area contributed by atoms with Crippen LogP contribution >= 0.6 is 0 Å². The van der Waals surface area contributed by atoms with Crippen molar-refractivity contribution in [2.75, 3.05) is 0 Å². The van der Waals surface area contributed by atoms with E-state index in [-0.39, 0.29) is 11.2 Å². The predicted octanol–water partition coefficient (Wildman–Crippen LogP) is 4.64. The number of aryl methyl sites for hydroxylation is 1. The maximum absolute atomic E-state index is 12.2. The molecule has 1 spiro atoms. The number of hydrogen-bond acceptors (Lipinski definition) is 3. The molecule has 0 N–H and O–H groups in total. The summed E-state index contributed by atoms with van der Waals surface area (Å²) in [7, 11) is 0. The second-order valence-corrected chi connectivity index (χ2v) is 7.79. The van der Waals surface area contributed by atoms with E-state index in [1.807, 2.05) is 6.07 Å². The minimum Gasteiger partial charge on any atom is -0.482 e. The van der Waals surface area contributed by atoms with Crippen LogP contribution in [0.2, 0.25) is 0 Å². The highest BCUT2D eigenvalue weighted by atomic mass is 16.5. The van der Waals surface area contributed by atoms with Gasteiger partial charge >= 0.3 is 5.63 Å². The summed E-state index contributed by atoms with van der Waals surface area (Å²) in [6.07, 6.45) is 12.0. The normalized spacial score (nSPS) is 28.0. The fourth-order valence-electron chi connectivity index (χ4n) is 4.83. The highest BCUT2D eigenvalue weighted by Gasteiger charge is 2.37. The van der Waals surface area contributed by atoms with E-state index in [0.29, 0.717) is 11.5 Å². The Hall–Kier alpha value is -2.03. The molecule has 24 heavy (non-hydrogen) atoms. The van der Waals surface area contributed by atoms with Gasteiger partial charge in [-0.1, -0.05) is 19.4 Å². The summed E-state index contributed by atoms with van der Waals surface area (Å²) in [6, 6.07) is 4.09. The van der Waals surface area contributed by atoms with E-state index in [1.54, 1.807) is 0 Å². The summed E-state index contributed by atoms with van der Waals surface area (Å²) >= 11 is 0. The summed E-state index contributed by atoms with van der Waals surface area (Å²) < 4.78 is 12.1. The summed E-state index contributed by atoms with van der Waals surface area (Å²) in [6.45, 7) is 2.30. The molecular weight excluding hydrogens is 300 g/mol. The van der Waals surface area contributed by atoms with E-state index in [9.17, 15) is 4.79 Å². The average Bonchev–Trinajstić information content (AvgIpc) is 3.04. The van der Waals surface area contributed by atoms with Crippen molar-refractivity contribution in [2.45, 2.75) is 57.5 Å². The molecule has 3 aliphatic rings. The van der Waals surface area contributed by atoms with Gasteiger partial charge in [0.25, 0.3) is 0 Å². The smallest absolute Gasteiger partial charge is 0.339 e. The lowest BCUT2D eigenvalue weighted by atomic mass is 9.77. The van der Waals surface area contributed by atoms with Gasteiger partial charge in [-0.3, -0.25) is 0 Å². The molecule has 0 bridgehead atoms. The van der Waals surface area contributed by atoms with Crippen LogP contribution in [0.3, 0.4) is 0 Å². The van der Waals surface area contributed by atoms with Crippen LogP contribution < -0.4 is 10.4 Å². The topological polar surface area (TPSA) is 39.4 Å². The van der Waals surface area contributed by atoms with Gasteiger partial charge in [0.05, 0.1) is 0 Å². The molecule has 3 heteroatoms. The molecule has 1 saturated carbocycles. The van der Waals surface area contributed by atoms with Crippen molar-refractivity contribution < 1.29 is 9.15 Å². The number of ether oxygens (including phenoxy) is 1. The van der Waals surface area contributed by atoms with E-state index in [0.717, 1.165) is 54.4 Å². The fraction of sp³-hybridized carbons (Fsp3) is 0.476. The Bertz CT molecular complexity index is 921. The third kappa shape index (κ3) is 2.07. The zero-order valence-electron chi connectivity index (χ0n) is 14.1. The van der Waals surface area contributed by atoms with Crippen LogP contribution in [0.4, 0.5) is 0 Å². The van der Waals surface area contributed by atoms with Crippen molar-refractivity contribution in [1.29, 1.82) is 0 Å². The number of hydrogen-bond donors (Lipinski definition) is 0. The van der Waals surface area contributed by atoms with Gasteiger partial charge < -0.3 is 9.15 Å². The summed E-state index contributed by atoms with van der Waals surface area (Å²) in [4.78, 5) is 12.2. The van der Waals surface area contributed by atoms with Crippen LogP contribution in [0, 0.1) is 5.92 Å². The Morgan fingerprint density at radius 1 is 1.17 bits per heavy atom. The first-order chi connectivity index (χ1) is 11.6. The quantitative estimate of drug-likeness (QED) is 0.664. The summed E-state index contributed by atoms with van der Waals surface area (Å²) in [5, 5.41) is 1.09. The van der Waals surface area contributed by atoms with Gasteiger partial charge in [0.2, 0.25) is 0 Å². The molecule has 124 valence electrons. The number of benzene rings is 1. The largest absolute Gasteiger partial charge is 0.482 e. The van der Waals surface area contributed by atoms with Gasteiger partial charge in [-0.25, -0.2) is 4.79 Å². The van der Waals surface area contributed by atoms with Gasteiger partial charge in [0.1, 0.15) is 16.9 Å². The second kappa shape index (κ2) is 4.98. The van der Waals surface area contributed by atoms with Crippen LogP contribution in [-0.4, -0.2) is 5.60 Å². The molecule has 0 saturated heterocycles. The monoisotopic (exact) mass is 322 g/mol. The lowest BCUT2D eigenvalue weighted by Crippen LogP contribution is -2.40. The first kappa shape index (κ1) is 14.3. The second-order valence-electron chi connectivity index (χ2n) is 7.79. The van der Waals surface area contributed by atoms with Gasteiger partial charge in [-0.2, -0.15) is 0 Å². The maximum Gasteiger partial charge on any atom is 0.339 e. The molecule has 2 heterocycles. The van der Waals surface area contributed by atoms with E-state index in [1.165, 1.54) is 18.4 Å². The Morgan fingerprint density at radius 2 is 2.04 bits per heavy atom. The molecule has 1 aromatic heterocycles. The van der Waals surface area contributed by atoms with Crippen molar-refractivity contribution in [1.82, 2.24) is 0 Å².